The Morgan fingerprint density at radius 2 is 0.964 bits per heavy atom. The lowest BCUT2D eigenvalue weighted by Gasteiger charge is -2.12. The summed E-state index contributed by atoms with van der Waals surface area (Å²) in [4.78, 5) is 9.53. The molecule has 0 heterocycles. The molecule has 0 bridgehead atoms. The fraction of sp³-hybridized carbons (Fsp3) is 0.151. The van der Waals surface area contributed by atoms with Gasteiger partial charge in [-0.25, -0.2) is 0 Å². The molecule has 8 aromatic rings. The number of nitrogens with one attached hydrogen (secondary N) is 2. The number of azo groups is 4. The number of ether oxygens (including phenoxy) is 2. The van der Waals surface area contributed by atoms with Crippen LogP contribution in [0.25, 0.3) is 21.5 Å². The molecule has 8 aromatic carbocycles. The summed E-state index contributed by atoms with van der Waals surface area (Å²) in [6, 6.07) is 36.3. The van der Waals surface area contributed by atoms with Gasteiger partial charge in [0.15, 0.2) is 12.5 Å². The average molecular weight is 1230 g/mol. The van der Waals surface area contributed by atoms with Crippen LogP contribution in [0.5, 0.6) is 11.5 Å². The molecule has 0 unspecified atom stereocenters. The number of aliphatic carboxylic acids is 1. The fourth-order valence-corrected chi connectivity index (χ4v) is 8.92. The van der Waals surface area contributed by atoms with Gasteiger partial charge in [-0.1, -0.05) is 18.2 Å². The minimum atomic E-state index is -4.81. The molecule has 84 heavy (non-hydrogen) atoms. The lowest BCUT2D eigenvalue weighted by atomic mass is 10.1. The molecule has 0 saturated heterocycles. The molecule has 0 atom stereocenters. The van der Waals surface area contributed by atoms with Gasteiger partial charge in [-0.2, -0.15) is 47.5 Å². The Kier molecular flexibility index (Phi) is 21.8. The van der Waals surface area contributed by atoms with Crippen LogP contribution in [0.4, 0.5) is 56.9 Å². The summed E-state index contributed by atoms with van der Waals surface area (Å²) in [5.74, 6) is -0.281. The van der Waals surface area contributed by atoms with Gasteiger partial charge < -0.3 is 30.3 Å². The Morgan fingerprint density at radius 3 is 1.52 bits per heavy atom. The van der Waals surface area contributed by atoms with Crippen molar-refractivity contribution in [1.82, 2.24) is 0 Å². The zero-order valence-electron chi connectivity index (χ0n) is 44.3. The third kappa shape index (κ3) is 18.7. The average Bonchev–Trinajstić information content (AvgIpc) is 3.00. The number of hydrogen-bond acceptors (Lipinski definition) is 24. The standard InChI is InChI=1S/C53H48N10O11S2.2O3S/c1-31-22-40(12-18-44(31)58-56-39-13-19-45(32(2)23-39)59-63-49-28-43-35(27-51(49)76(70,71)72)6-5-7-50(43)75(67,68)69)57-61-47-24-34(4)48(25-33(47)3)62-60-46-17-8-36-26-38(11-16-42(36)53(46)66)55-30-74-41-14-9-37(10-15-41)54-29-73-21-20-52(64)65;2*1-4(2)3/h5-19,22-28,54-55,66H,20-21,29-30H2,1-4H3,(H,64,65)(H,67,68,69)(H,70,71,72);;. The number of rotatable bonds is 20. The van der Waals surface area contributed by atoms with Gasteiger partial charge in [0.25, 0.3) is 20.2 Å². The van der Waals surface area contributed by atoms with E-state index in [4.69, 9.17) is 39.8 Å². The van der Waals surface area contributed by atoms with E-state index in [9.17, 15) is 35.8 Å². The number of carboxylic acid groups (broad SMARTS) is 1. The van der Waals surface area contributed by atoms with E-state index in [-0.39, 0.29) is 48.7 Å². The summed E-state index contributed by atoms with van der Waals surface area (Å²) in [5.41, 5.74) is 7.70. The first-order chi connectivity index (χ1) is 39.7. The van der Waals surface area contributed by atoms with Gasteiger partial charge >= 0.3 is 27.2 Å². The van der Waals surface area contributed by atoms with Crippen molar-refractivity contribution in [3.8, 4) is 11.5 Å². The highest BCUT2D eigenvalue weighted by Gasteiger charge is 2.21. The van der Waals surface area contributed by atoms with Crippen LogP contribution in [0, 0.1) is 27.7 Å². The number of aromatic hydroxyl groups is 1. The normalized spacial score (nSPS) is 11.6. The van der Waals surface area contributed by atoms with E-state index in [0.717, 1.165) is 51.7 Å². The van der Waals surface area contributed by atoms with Crippen LogP contribution in [0.3, 0.4) is 0 Å². The third-order valence-corrected chi connectivity index (χ3v) is 13.4. The van der Waals surface area contributed by atoms with Crippen molar-refractivity contribution in [2.75, 3.05) is 30.7 Å². The zero-order valence-corrected chi connectivity index (χ0v) is 47.6. The molecule has 31 heteroatoms. The molecular formula is C53H48N10O17S4. The van der Waals surface area contributed by atoms with Gasteiger partial charge in [-0.05, 0) is 176 Å². The smallest absolute Gasteiger partial charge is 0.425 e. The number of fused-ring (bicyclic) bond motifs is 2. The predicted octanol–water partition coefficient (Wildman–Crippen LogP) is 12.4. The summed E-state index contributed by atoms with van der Waals surface area (Å²) in [7, 11) is -15.7. The van der Waals surface area contributed by atoms with Crippen molar-refractivity contribution in [2.45, 2.75) is 43.9 Å². The number of nitrogens with zero attached hydrogens (tertiary/aromatic N) is 8. The minimum absolute atomic E-state index is 0.0115. The Labute approximate surface area is 481 Å². The highest BCUT2D eigenvalue weighted by Crippen LogP contribution is 2.39. The van der Waals surface area contributed by atoms with Crippen molar-refractivity contribution in [3.63, 3.8) is 0 Å². The summed E-state index contributed by atoms with van der Waals surface area (Å²) >= 11 is 0. The molecule has 6 N–H and O–H groups in total. The number of aryl methyl sites for hydroxylation is 4. The first-order valence-electron chi connectivity index (χ1n) is 24.1. The summed E-state index contributed by atoms with van der Waals surface area (Å²) < 4.78 is 130. The van der Waals surface area contributed by atoms with E-state index in [1.165, 1.54) is 12.1 Å². The van der Waals surface area contributed by atoms with E-state index in [0.29, 0.717) is 56.5 Å². The number of carbonyl (C=O) groups is 1. The predicted molar refractivity (Wildman–Crippen MR) is 306 cm³/mol. The number of phenols is 1. The van der Waals surface area contributed by atoms with Gasteiger partial charge in [0.2, 0.25) is 0 Å². The second kappa shape index (κ2) is 28.9. The maximum atomic E-state index is 12.2. The first-order valence-corrected chi connectivity index (χ1v) is 28.9. The molecule has 0 fully saturated rings. The molecule has 0 saturated carbocycles. The highest BCUT2D eigenvalue weighted by molar-refractivity contribution is 7.86. The minimum Gasteiger partial charge on any atom is -0.505 e. The Morgan fingerprint density at radius 1 is 0.488 bits per heavy atom. The van der Waals surface area contributed by atoms with Gasteiger partial charge in [-0.3, -0.25) is 13.9 Å². The van der Waals surface area contributed by atoms with Crippen LogP contribution in [0.15, 0.2) is 184 Å². The van der Waals surface area contributed by atoms with Crippen molar-refractivity contribution in [2.24, 2.45) is 40.9 Å². The van der Waals surface area contributed by atoms with E-state index in [1.807, 2.05) is 69.3 Å². The van der Waals surface area contributed by atoms with Crippen LogP contribution >= 0.6 is 0 Å². The molecule has 0 aromatic heterocycles. The number of carboxylic acids is 1. The van der Waals surface area contributed by atoms with Crippen LogP contribution in [0.1, 0.15) is 28.7 Å². The SMILES string of the molecule is Cc1cc(N=Nc2cc(C)c(N=Nc3ccc4cc(NCOc5ccc(NCOCCC(=O)O)cc5)ccc4c3O)cc2C)ccc1N=Nc1ccc(N=Nc2cc3c(S(=O)(=O)O)cccc3cc2S(=O)(=O)O)c(C)c1.O=S(=O)=O.O=S(=O)=O. The number of phenolic OH excluding ortho intramolecular Hbond substituents is 1. The number of anilines is 2. The van der Waals surface area contributed by atoms with Gasteiger partial charge in [-0.15, -0.1) is 35.5 Å². The monoisotopic (exact) mass is 1220 g/mol. The second-order valence-corrected chi connectivity index (χ2v) is 21.2. The molecule has 27 nitrogen and oxygen atoms in total. The molecule has 0 spiro atoms. The van der Waals surface area contributed by atoms with Gasteiger partial charge in [0, 0.05) is 22.1 Å². The van der Waals surface area contributed by atoms with E-state index < -0.39 is 57.2 Å². The van der Waals surface area contributed by atoms with Crippen LogP contribution < -0.4 is 15.4 Å². The quantitative estimate of drug-likeness (QED) is 0.0179. The molecule has 0 aliphatic carbocycles. The zero-order chi connectivity index (χ0) is 61.3. The molecule has 0 aliphatic heterocycles. The Bertz CT molecular complexity index is 4360. The summed E-state index contributed by atoms with van der Waals surface area (Å²) in [6.07, 6.45) is -0.0590. The largest absolute Gasteiger partial charge is 0.505 e. The van der Waals surface area contributed by atoms with E-state index in [1.54, 1.807) is 61.5 Å². The molecule has 436 valence electrons. The van der Waals surface area contributed by atoms with Crippen LogP contribution in [-0.2, 0) is 51.0 Å². The molecular weight excluding hydrogens is 1180 g/mol. The number of benzene rings is 8. The lowest BCUT2D eigenvalue weighted by Crippen LogP contribution is -2.10. The fourth-order valence-electron chi connectivity index (χ4n) is 7.57. The molecule has 0 aliphatic rings. The van der Waals surface area contributed by atoms with E-state index in [2.05, 4.69) is 51.5 Å². The molecule has 0 amide bonds. The van der Waals surface area contributed by atoms with Crippen molar-refractivity contribution < 1.29 is 75.7 Å². The number of hydrogen-bond donors (Lipinski definition) is 6. The Hall–Kier alpha value is -9.63. The Balaban J connectivity index is 0.00000133. The maximum Gasteiger partial charge on any atom is 0.425 e. The van der Waals surface area contributed by atoms with E-state index >= 15 is 0 Å². The summed E-state index contributed by atoms with van der Waals surface area (Å²) in [6.45, 7) is 7.86. The van der Waals surface area contributed by atoms with Crippen molar-refractivity contribution in [1.29, 1.82) is 0 Å². The van der Waals surface area contributed by atoms with Crippen molar-refractivity contribution in [3.05, 3.63) is 156 Å². The van der Waals surface area contributed by atoms with Crippen molar-refractivity contribution >= 4 is 126 Å². The van der Waals surface area contributed by atoms with Crippen LogP contribution in [-0.4, -0.2) is 87.4 Å². The van der Waals surface area contributed by atoms with Gasteiger partial charge in [0.1, 0.15) is 33.6 Å². The lowest BCUT2D eigenvalue weighted by molar-refractivity contribution is -0.138. The second-order valence-electron chi connectivity index (χ2n) is 17.6. The van der Waals surface area contributed by atoms with Crippen LogP contribution in [0.2, 0.25) is 0 Å². The molecule has 8 rings (SSSR count). The first kappa shape index (κ1) is 63.6. The maximum absolute atomic E-state index is 12.2. The summed E-state index contributed by atoms with van der Waals surface area (Å²) in [5, 5.41) is 62.4. The highest BCUT2D eigenvalue weighted by atomic mass is 32.2. The van der Waals surface area contributed by atoms with Gasteiger partial charge in [0.05, 0.1) is 47.2 Å². The molecule has 0 radical (unpaired) electrons. The third-order valence-electron chi connectivity index (χ3n) is 11.6. The topological polar surface area (TPSA) is 410 Å².